The molecule has 1 atom stereocenters. The number of benzene rings is 3. The first-order chi connectivity index (χ1) is 21.5. The van der Waals surface area contributed by atoms with Crippen molar-refractivity contribution in [2.24, 2.45) is 0 Å². The van der Waals surface area contributed by atoms with E-state index >= 15 is 0 Å². The Labute approximate surface area is 263 Å². The zero-order valence-electron chi connectivity index (χ0n) is 26.3. The van der Waals surface area contributed by atoms with Crippen molar-refractivity contribution >= 4 is 35.2 Å². The predicted molar refractivity (Wildman–Crippen MR) is 172 cm³/mol. The highest BCUT2D eigenvalue weighted by Gasteiger charge is 2.24. The molecule has 12 nitrogen and oxygen atoms in total. The first kappa shape index (κ1) is 34.4. The number of aryl methyl sites for hydroxylation is 1. The Kier molecular flexibility index (Phi) is 12.7. The number of aliphatic carboxylic acids is 1. The fourth-order valence-corrected chi connectivity index (χ4v) is 4.47. The third-order valence-electron chi connectivity index (χ3n) is 7.08. The van der Waals surface area contributed by atoms with Crippen LogP contribution < -0.4 is 25.4 Å². The molecule has 0 aliphatic heterocycles. The quantitative estimate of drug-likeness (QED) is 0.202. The summed E-state index contributed by atoms with van der Waals surface area (Å²) in [6.07, 6.45) is 0.0415. The number of rotatable bonds is 15. The topological polar surface area (TPSA) is 150 Å². The normalized spacial score (nSPS) is 11.3. The number of carboxylic acids is 1. The Bertz CT molecular complexity index is 1480. The van der Waals surface area contributed by atoms with E-state index < -0.39 is 17.8 Å². The van der Waals surface area contributed by atoms with Gasteiger partial charge in [-0.2, -0.15) is 0 Å². The summed E-state index contributed by atoms with van der Waals surface area (Å²) in [5, 5.41) is 18.1. The number of carboxylic acid groups (broad SMARTS) is 1. The van der Waals surface area contributed by atoms with Gasteiger partial charge in [-0.3, -0.25) is 14.4 Å². The summed E-state index contributed by atoms with van der Waals surface area (Å²) in [5.41, 5.74) is 3.35. The zero-order chi connectivity index (χ0) is 32.9. The van der Waals surface area contributed by atoms with Crippen LogP contribution in [0.15, 0.2) is 66.7 Å². The fourth-order valence-electron chi connectivity index (χ4n) is 4.47. The zero-order valence-corrected chi connectivity index (χ0v) is 26.3. The Morgan fingerprint density at radius 2 is 1.56 bits per heavy atom. The number of para-hydroxylation sites is 1. The summed E-state index contributed by atoms with van der Waals surface area (Å²) in [6, 6.07) is 18.7. The molecule has 0 heterocycles. The van der Waals surface area contributed by atoms with Gasteiger partial charge in [-0.15, -0.1) is 0 Å². The number of nitrogens with zero attached hydrogens (tertiary/aromatic N) is 2. The summed E-state index contributed by atoms with van der Waals surface area (Å²) in [7, 11) is 6.67. The summed E-state index contributed by atoms with van der Waals surface area (Å²) in [5.74, 6) is -2.06. The van der Waals surface area contributed by atoms with E-state index in [1.54, 1.807) is 42.5 Å². The molecule has 0 bridgehead atoms. The molecule has 45 heavy (non-hydrogen) atoms. The van der Waals surface area contributed by atoms with Crippen molar-refractivity contribution in [3.8, 4) is 11.5 Å². The lowest BCUT2D eigenvalue weighted by atomic mass is 9.98. The monoisotopic (exact) mass is 619 g/mol. The highest BCUT2D eigenvalue weighted by atomic mass is 16.5. The number of anilines is 2. The number of carbonyl (C=O) groups excluding carboxylic acids is 3. The van der Waals surface area contributed by atoms with Gasteiger partial charge in [0.2, 0.25) is 11.8 Å². The van der Waals surface area contributed by atoms with Gasteiger partial charge in [0.05, 0.1) is 33.1 Å². The van der Waals surface area contributed by atoms with E-state index in [9.17, 15) is 24.3 Å². The maximum Gasteiger partial charge on any atom is 0.323 e. The van der Waals surface area contributed by atoms with E-state index in [4.69, 9.17) is 9.47 Å². The van der Waals surface area contributed by atoms with Gasteiger partial charge >= 0.3 is 12.0 Å². The predicted octanol–water partition coefficient (Wildman–Crippen LogP) is 3.57. The summed E-state index contributed by atoms with van der Waals surface area (Å²) >= 11 is 0. The van der Waals surface area contributed by atoms with Crippen molar-refractivity contribution in [2.75, 3.05) is 65.1 Å². The molecule has 240 valence electrons. The fraction of sp³-hybridized carbons (Fsp3) is 0.333. The maximum atomic E-state index is 13.3. The van der Waals surface area contributed by atoms with Crippen molar-refractivity contribution in [2.45, 2.75) is 19.3 Å². The van der Waals surface area contributed by atoms with Crippen LogP contribution in [0.5, 0.6) is 11.5 Å². The van der Waals surface area contributed by atoms with Crippen molar-refractivity contribution < 1.29 is 33.8 Å². The van der Waals surface area contributed by atoms with E-state index in [1.165, 1.54) is 19.1 Å². The second-order valence-electron chi connectivity index (χ2n) is 10.7. The highest BCUT2D eigenvalue weighted by molar-refractivity contribution is 6.00. The molecule has 3 rings (SSSR count). The van der Waals surface area contributed by atoms with Crippen LogP contribution in [0.4, 0.5) is 16.2 Å². The molecule has 0 aromatic heterocycles. The van der Waals surface area contributed by atoms with Crippen LogP contribution in [0.1, 0.15) is 22.6 Å². The second kappa shape index (κ2) is 16.7. The molecular formula is C33H41N5O7. The number of ether oxygens (including phenoxy) is 2. The van der Waals surface area contributed by atoms with E-state index in [1.807, 2.05) is 50.2 Å². The minimum atomic E-state index is -1.12. The minimum Gasteiger partial charge on any atom is -0.493 e. The molecule has 12 heteroatoms. The van der Waals surface area contributed by atoms with Gasteiger partial charge in [0, 0.05) is 31.0 Å². The Hall–Kier alpha value is -5.10. The first-order valence-corrected chi connectivity index (χ1v) is 14.4. The van der Waals surface area contributed by atoms with Gasteiger partial charge in [-0.05, 0) is 68.0 Å². The number of likely N-dealkylation sites (N-methyl/N-ethyl adjacent to an activating group) is 1. The number of hydrogen-bond donors (Lipinski definition) is 4. The lowest BCUT2D eigenvalue weighted by molar-refractivity contribution is -0.139. The lowest BCUT2D eigenvalue weighted by Gasteiger charge is -2.24. The number of hydrogen-bond acceptors (Lipinski definition) is 7. The van der Waals surface area contributed by atoms with Crippen LogP contribution in [0.2, 0.25) is 0 Å². The summed E-state index contributed by atoms with van der Waals surface area (Å²) in [4.78, 5) is 54.0. The van der Waals surface area contributed by atoms with Crippen LogP contribution in [0.3, 0.4) is 0 Å². The molecule has 0 saturated heterocycles. The van der Waals surface area contributed by atoms with Gasteiger partial charge in [0.15, 0.2) is 11.5 Å². The number of carbonyl (C=O) groups is 4. The van der Waals surface area contributed by atoms with Crippen molar-refractivity contribution in [3.05, 3.63) is 83.4 Å². The molecular weight excluding hydrogens is 578 g/mol. The molecule has 4 amide bonds. The van der Waals surface area contributed by atoms with Crippen LogP contribution >= 0.6 is 0 Å². The molecule has 0 saturated carbocycles. The Morgan fingerprint density at radius 1 is 0.867 bits per heavy atom. The molecule has 0 fully saturated rings. The first-order valence-electron chi connectivity index (χ1n) is 14.4. The van der Waals surface area contributed by atoms with Crippen LogP contribution in [-0.2, 0) is 20.8 Å². The SMILES string of the molecule is COc1ccc(C(CNC(=O)CN(CCN(C)C)C(=O)Cc2ccc(NC(=O)Nc3ccccc3C)cc2)C(=O)O)cc1OC. The van der Waals surface area contributed by atoms with E-state index in [2.05, 4.69) is 16.0 Å². The van der Waals surface area contributed by atoms with Gasteiger partial charge < -0.3 is 40.3 Å². The minimum absolute atomic E-state index is 0.0415. The maximum absolute atomic E-state index is 13.3. The second-order valence-corrected chi connectivity index (χ2v) is 10.7. The van der Waals surface area contributed by atoms with Crippen LogP contribution in [0.25, 0.3) is 0 Å². The van der Waals surface area contributed by atoms with E-state index in [0.717, 1.165) is 5.56 Å². The van der Waals surface area contributed by atoms with Gasteiger partial charge in [0.25, 0.3) is 0 Å². The largest absolute Gasteiger partial charge is 0.493 e. The van der Waals surface area contributed by atoms with Crippen LogP contribution in [0, 0.1) is 6.92 Å². The highest BCUT2D eigenvalue weighted by Crippen LogP contribution is 2.30. The number of methoxy groups -OCH3 is 2. The average molecular weight is 620 g/mol. The van der Waals surface area contributed by atoms with E-state index in [-0.39, 0.29) is 31.4 Å². The van der Waals surface area contributed by atoms with Gasteiger partial charge in [0.1, 0.15) is 0 Å². The van der Waals surface area contributed by atoms with Crippen molar-refractivity contribution in [1.82, 2.24) is 15.1 Å². The number of amides is 4. The van der Waals surface area contributed by atoms with Gasteiger partial charge in [-0.25, -0.2) is 4.79 Å². The standard InChI is InChI=1S/C33H41N5O7/c1-22-8-6-7-9-27(22)36-33(43)35-25-13-10-23(11-14-25)18-31(40)38(17-16-37(2)3)21-30(39)34-20-26(32(41)42)24-12-15-28(44-4)29(19-24)45-5/h6-15,19,26H,16-18,20-21H2,1-5H3,(H,34,39)(H,41,42)(H2,35,36,43). The third-order valence-corrected chi connectivity index (χ3v) is 7.08. The molecule has 3 aromatic rings. The molecule has 0 radical (unpaired) electrons. The summed E-state index contributed by atoms with van der Waals surface area (Å²) < 4.78 is 10.5. The molecule has 0 aliphatic carbocycles. The average Bonchev–Trinajstić information content (AvgIpc) is 3.01. The van der Waals surface area contributed by atoms with E-state index in [0.29, 0.717) is 47.1 Å². The number of nitrogens with one attached hydrogen (secondary N) is 3. The van der Waals surface area contributed by atoms with Crippen molar-refractivity contribution in [3.63, 3.8) is 0 Å². The molecule has 1 unspecified atom stereocenters. The lowest BCUT2D eigenvalue weighted by Crippen LogP contribution is -2.45. The third kappa shape index (κ3) is 10.5. The molecule has 3 aromatic carbocycles. The smallest absolute Gasteiger partial charge is 0.323 e. The molecule has 0 spiro atoms. The van der Waals surface area contributed by atoms with Gasteiger partial charge in [-0.1, -0.05) is 36.4 Å². The van der Waals surface area contributed by atoms with Crippen LogP contribution in [-0.4, -0.2) is 93.2 Å². The van der Waals surface area contributed by atoms with Crippen molar-refractivity contribution in [1.29, 1.82) is 0 Å². The molecule has 4 N–H and O–H groups in total. The molecule has 0 aliphatic rings. The number of urea groups is 1. The Morgan fingerprint density at radius 3 is 2.18 bits per heavy atom. The Balaban J connectivity index is 1.60. The summed E-state index contributed by atoms with van der Waals surface area (Å²) in [6.45, 7) is 2.33.